The van der Waals surface area contributed by atoms with E-state index in [0.29, 0.717) is 32.8 Å². The van der Waals surface area contributed by atoms with Gasteiger partial charge in [0.2, 0.25) is 5.91 Å². The van der Waals surface area contributed by atoms with Gasteiger partial charge >= 0.3 is 0 Å². The molecule has 3 heterocycles. The van der Waals surface area contributed by atoms with Crippen LogP contribution in [0.1, 0.15) is 18.5 Å². The van der Waals surface area contributed by atoms with E-state index in [1.807, 2.05) is 4.90 Å². The Hall–Kier alpha value is -1.44. The van der Waals surface area contributed by atoms with E-state index < -0.39 is 6.10 Å². The number of aromatic amines is 1. The Morgan fingerprint density at radius 2 is 2.18 bits per heavy atom. The van der Waals surface area contributed by atoms with Crippen LogP contribution in [0.15, 0.2) is 12.5 Å². The number of aromatic nitrogens is 2. The molecule has 1 unspecified atom stereocenters. The molecule has 2 saturated heterocycles. The van der Waals surface area contributed by atoms with Crippen molar-refractivity contribution >= 4 is 5.91 Å². The number of aliphatic hydroxyl groups excluding tert-OH is 1. The molecule has 0 aliphatic carbocycles. The summed E-state index contributed by atoms with van der Waals surface area (Å²) in [5.74, 6) is 0.228. The number of H-pyrrole nitrogens is 1. The van der Waals surface area contributed by atoms with Crippen molar-refractivity contribution in [3.63, 3.8) is 0 Å². The van der Waals surface area contributed by atoms with Crippen LogP contribution in [-0.2, 0) is 16.1 Å². The molecule has 1 amide bonds. The first kappa shape index (κ1) is 15.5. The number of β-amino-alcohol motifs (C(OH)–C–C–N with tert-alkyl or cyclic N) is 1. The Kier molecular flexibility index (Phi) is 5.07. The summed E-state index contributed by atoms with van der Waals surface area (Å²) in [6, 6.07) is 0. The van der Waals surface area contributed by atoms with E-state index >= 15 is 0 Å². The summed E-state index contributed by atoms with van der Waals surface area (Å²) in [7, 11) is 0. The second-order valence-corrected chi connectivity index (χ2v) is 6.14. The number of hydrogen-bond donors (Lipinski definition) is 2. The van der Waals surface area contributed by atoms with Gasteiger partial charge in [-0.05, 0) is 12.8 Å². The molecule has 0 aromatic carbocycles. The number of nitrogens with zero attached hydrogens (tertiary/aromatic N) is 3. The molecule has 2 aliphatic rings. The molecule has 7 heteroatoms. The predicted octanol–water partition coefficient (Wildman–Crippen LogP) is -0.159. The maximum Gasteiger partial charge on any atom is 0.225 e. The van der Waals surface area contributed by atoms with Gasteiger partial charge in [-0.1, -0.05) is 0 Å². The van der Waals surface area contributed by atoms with E-state index in [-0.39, 0.29) is 11.8 Å². The first-order valence-electron chi connectivity index (χ1n) is 7.96. The van der Waals surface area contributed by atoms with Gasteiger partial charge in [0.05, 0.1) is 12.4 Å². The van der Waals surface area contributed by atoms with Crippen LogP contribution in [0.2, 0.25) is 0 Å². The fourth-order valence-corrected chi connectivity index (χ4v) is 3.21. The highest BCUT2D eigenvalue weighted by Crippen LogP contribution is 2.19. The van der Waals surface area contributed by atoms with Crippen LogP contribution in [-0.4, -0.2) is 76.3 Å². The third kappa shape index (κ3) is 3.85. The lowest BCUT2D eigenvalue weighted by atomic mass is 9.98. The van der Waals surface area contributed by atoms with Crippen molar-refractivity contribution in [1.82, 2.24) is 19.8 Å². The summed E-state index contributed by atoms with van der Waals surface area (Å²) >= 11 is 0. The SMILES string of the molecule is O=C(C1CCOCC1)N1CCN(Cc2cnc[nH]2)CC(O)C1. The van der Waals surface area contributed by atoms with Crippen molar-refractivity contribution in [1.29, 1.82) is 0 Å². The Morgan fingerprint density at radius 3 is 2.91 bits per heavy atom. The molecule has 2 fully saturated rings. The van der Waals surface area contributed by atoms with Gasteiger partial charge in [0.15, 0.2) is 0 Å². The largest absolute Gasteiger partial charge is 0.390 e. The van der Waals surface area contributed by atoms with Crippen LogP contribution < -0.4 is 0 Å². The van der Waals surface area contributed by atoms with E-state index in [1.165, 1.54) is 0 Å². The molecule has 2 N–H and O–H groups in total. The predicted molar refractivity (Wildman–Crippen MR) is 80.0 cm³/mol. The second kappa shape index (κ2) is 7.21. The zero-order chi connectivity index (χ0) is 15.4. The van der Waals surface area contributed by atoms with Gasteiger partial charge in [0.1, 0.15) is 0 Å². The molecule has 3 rings (SSSR count). The Balaban J connectivity index is 1.57. The highest BCUT2D eigenvalue weighted by Gasteiger charge is 2.30. The quantitative estimate of drug-likeness (QED) is 0.811. The third-order valence-electron chi connectivity index (χ3n) is 4.42. The van der Waals surface area contributed by atoms with Crippen LogP contribution >= 0.6 is 0 Å². The first-order chi connectivity index (χ1) is 10.7. The smallest absolute Gasteiger partial charge is 0.225 e. The van der Waals surface area contributed by atoms with E-state index in [2.05, 4.69) is 14.9 Å². The van der Waals surface area contributed by atoms with E-state index in [4.69, 9.17) is 4.74 Å². The fraction of sp³-hybridized carbons (Fsp3) is 0.733. The van der Waals surface area contributed by atoms with Gasteiger partial charge in [0.25, 0.3) is 0 Å². The monoisotopic (exact) mass is 308 g/mol. The normalized spacial score (nSPS) is 25.1. The molecule has 1 aromatic heterocycles. The average molecular weight is 308 g/mol. The summed E-state index contributed by atoms with van der Waals surface area (Å²) in [5, 5.41) is 10.2. The molecule has 2 aliphatic heterocycles. The molecule has 0 radical (unpaired) electrons. The summed E-state index contributed by atoms with van der Waals surface area (Å²) in [4.78, 5) is 23.7. The van der Waals surface area contributed by atoms with Crippen LogP contribution in [0, 0.1) is 5.92 Å². The number of nitrogens with one attached hydrogen (secondary N) is 1. The van der Waals surface area contributed by atoms with Gasteiger partial charge in [-0.2, -0.15) is 0 Å². The summed E-state index contributed by atoms with van der Waals surface area (Å²) in [6.45, 7) is 4.49. The number of carbonyl (C=O) groups excluding carboxylic acids is 1. The third-order valence-corrected chi connectivity index (χ3v) is 4.42. The van der Waals surface area contributed by atoms with Gasteiger partial charge in [-0.15, -0.1) is 0 Å². The van der Waals surface area contributed by atoms with Crippen LogP contribution in [0.25, 0.3) is 0 Å². The number of imidazole rings is 1. The van der Waals surface area contributed by atoms with Gasteiger partial charge in [0, 0.05) is 63.7 Å². The number of carbonyl (C=O) groups is 1. The Labute approximate surface area is 130 Å². The molecule has 1 aromatic rings. The van der Waals surface area contributed by atoms with Crippen molar-refractivity contribution in [3.8, 4) is 0 Å². The number of amides is 1. The molecule has 0 bridgehead atoms. The minimum atomic E-state index is -0.505. The van der Waals surface area contributed by atoms with Crippen molar-refractivity contribution in [2.45, 2.75) is 25.5 Å². The lowest BCUT2D eigenvalue weighted by molar-refractivity contribution is -0.139. The zero-order valence-corrected chi connectivity index (χ0v) is 12.8. The Morgan fingerprint density at radius 1 is 1.36 bits per heavy atom. The van der Waals surface area contributed by atoms with Crippen molar-refractivity contribution < 1.29 is 14.6 Å². The topological polar surface area (TPSA) is 81.7 Å². The zero-order valence-electron chi connectivity index (χ0n) is 12.8. The van der Waals surface area contributed by atoms with Gasteiger partial charge < -0.3 is 19.7 Å². The molecule has 122 valence electrons. The highest BCUT2D eigenvalue weighted by molar-refractivity contribution is 5.79. The average Bonchev–Trinajstić information content (AvgIpc) is 2.97. The van der Waals surface area contributed by atoms with E-state index in [1.54, 1.807) is 12.5 Å². The first-order valence-corrected chi connectivity index (χ1v) is 7.96. The summed E-state index contributed by atoms with van der Waals surface area (Å²) in [5.41, 5.74) is 1.02. The lowest BCUT2D eigenvalue weighted by Gasteiger charge is -2.29. The lowest BCUT2D eigenvalue weighted by Crippen LogP contribution is -2.42. The molecule has 22 heavy (non-hydrogen) atoms. The van der Waals surface area contributed by atoms with Gasteiger partial charge in [-0.3, -0.25) is 9.69 Å². The van der Waals surface area contributed by atoms with E-state index in [9.17, 15) is 9.90 Å². The molecule has 0 spiro atoms. The standard InChI is InChI=1S/C15H24N4O3/c20-14-9-18(8-13-7-16-11-17-13)3-4-19(10-14)15(21)12-1-5-22-6-2-12/h7,11-12,14,20H,1-6,8-10H2,(H,16,17). The highest BCUT2D eigenvalue weighted by atomic mass is 16.5. The maximum absolute atomic E-state index is 12.6. The van der Waals surface area contributed by atoms with Crippen molar-refractivity contribution in [2.75, 3.05) is 39.4 Å². The number of rotatable bonds is 3. The summed E-state index contributed by atoms with van der Waals surface area (Å²) in [6.07, 6.45) is 4.54. The van der Waals surface area contributed by atoms with E-state index in [0.717, 1.165) is 31.6 Å². The molecular formula is C15H24N4O3. The number of hydrogen-bond acceptors (Lipinski definition) is 5. The fourth-order valence-electron chi connectivity index (χ4n) is 3.21. The maximum atomic E-state index is 12.6. The van der Waals surface area contributed by atoms with Gasteiger partial charge in [-0.25, -0.2) is 4.98 Å². The molecule has 1 atom stereocenters. The molecule has 0 saturated carbocycles. The number of ether oxygens (including phenoxy) is 1. The number of aliphatic hydroxyl groups is 1. The summed E-state index contributed by atoms with van der Waals surface area (Å²) < 4.78 is 5.32. The van der Waals surface area contributed by atoms with Crippen LogP contribution in [0.5, 0.6) is 0 Å². The van der Waals surface area contributed by atoms with Crippen molar-refractivity contribution in [2.24, 2.45) is 5.92 Å². The second-order valence-electron chi connectivity index (χ2n) is 6.14. The van der Waals surface area contributed by atoms with Crippen LogP contribution in [0.3, 0.4) is 0 Å². The van der Waals surface area contributed by atoms with Crippen molar-refractivity contribution in [3.05, 3.63) is 18.2 Å². The molecular weight excluding hydrogens is 284 g/mol. The van der Waals surface area contributed by atoms with Crippen LogP contribution in [0.4, 0.5) is 0 Å². The minimum absolute atomic E-state index is 0.0557. The minimum Gasteiger partial charge on any atom is -0.390 e. The molecule has 7 nitrogen and oxygen atoms in total. The Bertz CT molecular complexity index is 473.